The Labute approximate surface area is 113 Å². The molecule has 0 spiro atoms. The van der Waals surface area contributed by atoms with Crippen molar-refractivity contribution < 1.29 is 4.79 Å². The molecule has 2 fully saturated rings. The van der Waals surface area contributed by atoms with E-state index in [0.717, 1.165) is 30.9 Å². The molecule has 0 aliphatic carbocycles. The van der Waals surface area contributed by atoms with E-state index in [1.165, 1.54) is 19.4 Å². The fraction of sp³-hybridized carbons (Fsp3) is 0.571. The van der Waals surface area contributed by atoms with Gasteiger partial charge in [0.05, 0.1) is 17.4 Å². The summed E-state index contributed by atoms with van der Waals surface area (Å²) in [5, 5.41) is 3.04. The lowest BCUT2D eigenvalue weighted by molar-refractivity contribution is 0.0572. The summed E-state index contributed by atoms with van der Waals surface area (Å²) in [6, 6.07) is 2.37. The third kappa shape index (κ3) is 2.30. The second-order valence-electron chi connectivity index (χ2n) is 5.25. The first-order valence-corrected chi connectivity index (χ1v) is 6.94. The van der Waals surface area contributed by atoms with Gasteiger partial charge in [0.1, 0.15) is 0 Å². The van der Waals surface area contributed by atoms with Gasteiger partial charge in [-0.1, -0.05) is 0 Å². The van der Waals surface area contributed by atoms with Crippen LogP contribution in [-0.2, 0) is 0 Å². The van der Waals surface area contributed by atoms with Crippen molar-refractivity contribution in [2.75, 3.05) is 38.5 Å². The molecule has 0 saturated carbocycles. The van der Waals surface area contributed by atoms with Crippen LogP contribution in [0.25, 0.3) is 0 Å². The van der Waals surface area contributed by atoms with Gasteiger partial charge in [0.15, 0.2) is 0 Å². The van der Waals surface area contributed by atoms with Gasteiger partial charge in [-0.25, -0.2) is 0 Å². The van der Waals surface area contributed by atoms with Crippen LogP contribution >= 0.6 is 0 Å². The number of nitrogens with one attached hydrogen (secondary N) is 1. The predicted molar refractivity (Wildman–Crippen MR) is 74.3 cm³/mol. The number of aromatic nitrogens is 1. The van der Waals surface area contributed by atoms with Crippen molar-refractivity contribution in [3.05, 3.63) is 24.0 Å². The Morgan fingerprint density at radius 1 is 1.42 bits per heavy atom. The molecule has 1 aromatic rings. The molecule has 0 bridgehead atoms. The summed E-state index contributed by atoms with van der Waals surface area (Å²) in [5.41, 5.74) is 1.53. The molecular formula is C14H20N4O. The molecule has 5 heteroatoms. The Morgan fingerprint density at radius 2 is 2.32 bits per heavy atom. The highest BCUT2D eigenvalue weighted by Gasteiger charge is 2.33. The molecular weight excluding hydrogens is 240 g/mol. The second kappa shape index (κ2) is 5.17. The summed E-state index contributed by atoms with van der Waals surface area (Å²) in [5.74, 6) is 0.123. The Balaban J connectivity index is 1.76. The van der Waals surface area contributed by atoms with Crippen LogP contribution in [-0.4, -0.2) is 60.0 Å². The molecule has 2 saturated heterocycles. The number of anilines is 1. The maximum Gasteiger partial charge on any atom is 0.256 e. The number of amides is 1. The SMILES string of the molecule is CNc1cnccc1C(=O)N1CCN2CCCC2C1. The van der Waals surface area contributed by atoms with Gasteiger partial charge in [-0.05, 0) is 25.5 Å². The smallest absolute Gasteiger partial charge is 0.256 e. The molecule has 1 aromatic heterocycles. The molecule has 102 valence electrons. The van der Waals surface area contributed by atoms with Gasteiger partial charge in [-0.15, -0.1) is 0 Å². The lowest BCUT2D eigenvalue weighted by Crippen LogP contribution is -2.52. The molecule has 5 nitrogen and oxygen atoms in total. The van der Waals surface area contributed by atoms with E-state index >= 15 is 0 Å². The van der Waals surface area contributed by atoms with E-state index in [2.05, 4.69) is 15.2 Å². The monoisotopic (exact) mass is 260 g/mol. The van der Waals surface area contributed by atoms with Gasteiger partial charge in [0, 0.05) is 38.9 Å². The third-order valence-electron chi connectivity index (χ3n) is 4.20. The maximum absolute atomic E-state index is 12.6. The van der Waals surface area contributed by atoms with Crippen LogP contribution in [0.15, 0.2) is 18.5 Å². The highest BCUT2D eigenvalue weighted by Crippen LogP contribution is 2.23. The standard InChI is InChI=1S/C14H20N4O/c1-15-13-9-16-5-4-12(13)14(19)18-8-7-17-6-2-3-11(17)10-18/h4-5,9,11,15H,2-3,6-8,10H2,1H3. The van der Waals surface area contributed by atoms with Crippen molar-refractivity contribution in [1.82, 2.24) is 14.8 Å². The molecule has 1 N–H and O–H groups in total. The predicted octanol–water partition coefficient (Wildman–Crippen LogP) is 1.04. The minimum absolute atomic E-state index is 0.123. The summed E-state index contributed by atoms with van der Waals surface area (Å²) in [6.07, 6.45) is 5.88. The Kier molecular flexibility index (Phi) is 3.38. The zero-order valence-corrected chi connectivity index (χ0v) is 11.3. The fourth-order valence-electron chi connectivity index (χ4n) is 3.13. The van der Waals surface area contributed by atoms with E-state index in [9.17, 15) is 4.79 Å². The normalized spacial score (nSPS) is 23.2. The number of carbonyl (C=O) groups excluding carboxylic acids is 1. The molecule has 0 aromatic carbocycles. The van der Waals surface area contributed by atoms with E-state index in [4.69, 9.17) is 0 Å². The number of carbonyl (C=O) groups is 1. The molecule has 2 aliphatic heterocycles. The number of rotatable bonds is 2. The number of fused-ring (bicyclic) bond motifs is 1. The van der Waals surface area contributed by atoms with Gasteiger partial charge < -0.3 is 10.2 Å². The first kappa shape index (κ1) is 12.4. The van der Waals surface area contributed by atoms with E-state index in [-0.39, 0.29) is 5.91 Å². The zero-order chi connectivity index (χ0) is 13.2. The Hall–Kier alpha value is -1.62. The lowest BCUT2D eigenvalue weighted by atomic mass is 10.1. The first-order valence-electron chi connectivity index (χ1n) is 6.94. The number of piperazine rings is 1. The van der Waals surface area contributed by atoms with Crippen molar-refractivity contribution in [3.63, 3.8) is 0 Å². The number of pyridine rings is 1. The third-order valence-corrected chi connectivity index (χ3v) is 4.20. The Morgan fingerprint density at radius 3 is 3.16 bits per heavy atom. The average Bonchev–Trinajstić information content (AvgIpc) is 2.93. The molecule has 3 rings (SSSR count). The molecule has 2 aliphatic rings. The number of nitrogens with zero attached hydrogens (tertiary/aromatic N) is 3. The van der Waals surface area contributed by atoms with Crippen LogP contribution < -0.4 is 5.32 Å². The van der Waals surface area contributed by atoms with Crippen molar-refractivity contribution in [2.45, 2.75) is 18.9 Å². The first-order chi connectivity index (χ1) is 9.29. The van der Waals surface area contributed by atoms with Crippen LogP contribution in [0, 0.1) is 0 Å². The van der Waals surface area contributed by atoms with Crippen molar-refractivity contribution in [3.8, 4) is 0 Å². The van der Waals surface area contributed by atoms with Crippen LogP contribution in [0.1, 0.15) is 23.2 Å². The maximum atomic E-state index is 12.6. The van der Waals surface area contributed by atoms with Crippen LogP contribution in [0.2, 0.25) is 0 Å². The largest absolute Gasteiger partial charge is 0.386 e. The molecule has 1 unspecified atom stereocenters. The zero-order valence-electron chi connectivity index (χ0n) is 11.3. The summed E-state index contributed by atoms with van der Waals surface area (Å²) >= 11 is 0. The van der Waals surface area contributed by atoms with E-state index in [1.54, 1.807) is 18.5 Å². The molecule has 1 amide bonds. The summed E-state index contributed by atoms with van der Waals surface area (Å²) in [4.78, 5) is 21.2. The summed E-state index contributed by atoms with van der Waals surface area (Å²) < 4.78 is 0. The fourth-order valence-corrected chi connectivity index (χ4v) is 3.13. The minimum Gasteiger partial charge on any atom is -0.386 e. The van der Waals surface area contributed by atoms with Crippen molar-refractivity contribution in [1.29, 1.82) is 0 Å². The molecule has 19 heavy (non-hydrogen) atoms. The van der Waals surface area contributed by atoms with Gasteiger partial charge in [-0.2, -0.15) is 0 Å². The Bertz CT molecular complexity index is 476. The van der Waals surface area contributed by atoms with Gasteiger partial charge >= 0.3 is 0 Å². The molecule has 1 atom stereocenters. The number of hydrogen-bond donors (Lipinski definition) is 1. The minimum atomic E-state index is 0.123. The van der Waals surface area contributed by atoms with Gasteiger partial charge in [0.2, 0.25) is 0 Å². The molecule has 0 radical (unpaired) electrons. The van der Waals surface area contributed by atoms with Crippen LogP contribution in [0.4, 0.5) is 5.69 Å². The topological polar surface area (TPSA) is 48.5 Å². The average molecular weight is 260 g/mol. The summed E-state index contributed by atoms with van der Waals surface area (Å²) in [7, 11) is 1.82. The second-order valence-corrected chi connectivity index (χ2v) is 5.25. The quantitative estimate of drug-likeness (QED) is 0.863. The number of hydrogen-bond acceptors (Lipinski definition) is 4. The highest BCUT2D eigenvalue weighted by atomic mass is 16.2. The van der Waals surface area contributed by atoms with E-state index < -0.39 is 0 Å². The summed E-state index contributed by atoms with van der Waals surface area (Å²) in [6.45, 7) is 3.91. The van der Waals surface area contributed by atoms with E-state index in [1.807, 2.05) is 11.9 Å². The van der Waals surface area contributed by atoms with Gasteiger partial charge in [-0.3, -0.25) is 14.7 Å². The van der Waals surface area contributed by atoms with Crippen LogP contribution in [0.3, 0.4) is 0 Å². The van der Waals surface area contributed by atoms with Crippen LogP contribution in [0.5, 0.6) is 0 Å². The van der Waals surface area contributed by atoms with Gasteiger partial charge in [0.25, 0.3) is 5.91 Å². The van der Waals surface area contributed by atoms with Crippen molar-refractivity contribution in [2.24, 2.45) is 0 Å². The molecule has 3 heterocycles. The lowest BCUT2D eigenvalue weighted by Gasteiger charge is -2.37. The van der Waals surface area contributed by atoms with Crippen molar-refractivity contribution >= 4 is 11.6 Å². The van der Waals surface area contributed by atoms with E-state index in [0.29, 0.717) is 6.04 Å². The highest BCUT2D eigenvalue weighted by molar-refractivity contribution is 5.99.